The van der Waals surface area contributed by atoms with Crippen LogP contribution in [-0.4, -0.2) is 19.2 Å². The van der Waals surface area contributed by atoms with E-state index in [0.717, 1.165) is 25.3 Å². The van der Waals surface area contributed by atoms with Crippen LogP contribution in [0.5, 0.6) is 5.75 Å². The summed E-state index contributed by atoms with van der Waals surface area (Å²) in [5.41, 5.74) is 0. The molecule has 1 aromatic rings. The molecule has 3 heteroatoms. The molecular weight excluding hydrogens is 277 g/mol. The zero-order valence-corrected chi connectivity index (χ0v) is 9.45. The fraction of sp³-hybridized carbons (Fsp3) is 0.400. The Morgan fingerprint density at radius 1 is 1.31 bits per heavy atom. The van der Waals surface area contributed by atoms with Gasteiger partial charge in [0, 0.05) is 10.1 Å². The van der Waals surface area contributed by atoms with Crippen molar-refractivity contribution in [2.24, 2.45) is 0 Å². The van der Waals surface area contributed by atoms with E-state index in [9.17, 15) is 0 Å². The SMILES string of the molecule is Ic1ccc(OC2CCNC2)cc1. The number of nitrogens with one attached hydrogen (secondary N) is 1. The number of benzene rings is 1. The third-order valence-electron chi connectivity index (χ3n) is 2.13. The van der Waals surface area contributed by atoms with Crippen LogP contribution in [0.3, 0.4) is 0 Å². The Hall–Kier alpha value is -0.290. The lowest BCUT2D eigenvalue weighted by Crippen LogP contribution is -2.19. The van der Waals surface area contributed by atoms with Crippen LogP contribution < -0.4 is 10.1 Å². The first-order valence-corrected chi connectivity index (χ1v) is 5.55. The van der Waals surface area contributed by atoms with Crippen LogP contribution in [0.25, 0.3) is 0 Å². The number of ether oxygens (including phenoxy) is 1. The highest BCUT2D eigenvalue weighted by molar-refractivity contribution is 14.1. The molecule has 1 saturated heterocycles. The van der Waals surface area contributed by atoms with Gasteiger partial charge in [-0.2, -0.15) is 0 Å². The van der Waals surface area contributed by atoms with Crippen LogP contribution in [0.1, 0.15) is 6.42 Å². The summed E-state index contributed by atoms with van der Waals surface area (Å²) in [6, 6.07) is 8.19. The molecule has 1 aliphatic rings. The molecule has 0 saturated carbocycles. The van der Waals surface area contributed by atoms with Crippen molar-refractivity contribution < 1.29 is 4.74 Å². The average molecular weight is 289 g/mol. The Labute approximate surface area is 91.8 Å². The summed E-state index contributed by atoms with van der Waals surface area (Å²) < 4.78 is 7.01. The molecule has 70 valence electrons. The standard InChI is InChI=1S/C10H12INO/c11-8-1-3-9(4-2-8)13-10-5-6-12-7-10/h1-4,10,12H,5-7H2. The first kappa shape index (κ1) is 9.27. The van der Waals surface area contributed by atoms with E-state index < -0.39 is 0 Å². The van der Waals surface area contributed by atoms with Gasteiger partial charge in [0.25, 0.3) is 0 Å². The summed E-state index contributed by atoms with van der Waals surface area (Å²) in [6.07, 6.45) is 1.48. The largest absolute Gasteiger partial charge is 0.489 e. The Morgan fingerprint density at radius 2 is 2.08 bits per heavy atom. The van der Waals surface area contributed by atoms with Crippen LogP contribution in [0, 0.1) is 3.57 Å². The molecule has 1 heterocycles. The maximum absolute atomic E-state index is 5.76. The van der Waals surface area contributed by atoms with Crippen LogP contribution in [0.2, 0.25) is 0 Å². The molecule has 2 rings (SSSR count). The molecule has 1 atom stereocenters. The number of hydrogen-bond acceptors (Lipinski definition) is 2. The van der Waals surface area contributed by atoms with Crippen molar-refractivity contribution >= 4 is 22.6 Å². The summed E-state index contributed by atoms with van der Waals surface area (Å²) >= 11 is 2.29. The van der Waals surface area contributed by atoms with E-state index in [0.29, 0.717) is 6.10 Å². The van der Waals surface area contributed by atoms with E-state index in [1.165, 1.54) is 3.57 Å². The Kier molecular flexibility index (Phi) is 3.05. The quantitative estimate of drug-likeness (QED) is 0.841. The van der Waals surface area contributed by atoms with E-state index in [1.54, 1.807) is 0 Å². The molecule has 0 aromatic heterocycles. The molecular formula is C10H12INO. The summed E-state index contributed by atoms with van der Waals surface area (Å²) in [5.74, 6) is 0.981. The second kappa shape index (κ2) is 4.28. The summed E-state index contributed by atoms with van der Waals surface area (Å²) in [5, 5.41) is 3.28. The number of halogens is 1. The fourth-order valence-corrected chi connectivity index (χ4v) is 1.79. The maximum Gasteiger partial charge on any atom is 0.119 e. The average Bonchev–Trinajstić information content (AvgIpc) is 2.62. The zero-order chi connectivity index (χ0) is 9.10. The summed E-state index contributed by atoms with van der Waals surface area (Å²) in [7, 11) is 0. The second-order valence-electron chi connectivity index (χ2n) is 3.19. The third-order valence-corrected chi connectivity index (χ3v) is 2.85. The first-order chi connectivity index (χ1) is 6.34. The van der Waals surface area contributed by atoms with Gasteiger partial charge < -0.3 is 10.1 Å². The van der Waals surface area contributed by atoms with Crippen LogP contribution in [0.15, 0.2) is 24.3 Å². The first-order valence-electron chi connectivity index (χ1n) is 4.47. The highest BCUT2D eigenvalue weighted by Gasteiger charge is 2.15. The molecule has 0 bridgehead atoms. The molecule has 1 unspecified atom stereocenters. The second-order valence-corrected chi connectivity index (χ2v) is 4.43. The van der Waals surface area contributed by atoms with Crippen molar-refractivity contribution in [1.82, 2.24) is 5.32 Å². The minimum Gasteiger partial charge on any atom is -0.489 e. The van der Waals surface area contributed by atoms with E-state index in [-0.39, 0.29) is 0 Å². The number of rotatable bonds is 2. The lowest BCUT2D eigenvalue weighted by atomic mass is 10.3. The molecule has 1 fully saturated rings. The molecule has 1 aliphatic heterocycles. The Bertz CT molecular complexity index is 267. The van der Waals surface area contributed by atoms with E-state index in [2.05, 4.69) is 40.0 Å². The molecule has 0 spiro atoms. The molecule has 0 radical (unpaired) electrons. The highest BCUT2D eigenvalue weighted by Crippen LogP contribution is 2.16. The predicted octanol–water partition coefficient (Wildman–Crippen LogP) is 2.03. The van der Waals surface area contributed by atoms with Crippen molar-refractivity contribution in [3.63, 3.8) is 0 Å². The van der Waals surface area contributed by atoms with Crippen molar-refractivity contribution in [2.45, 2.75) is 12.5 Å². The molecule has 13 heavy (non-hydrogen) atoms. The minimum absolute atomic E-state index is 0.361. The molecule has 2 nitrogen and oxygen atoms in total. The Balaban J connectivity index is 1.97. The zero-order valence-electron chi connectivity index (χ0n) is 7.29. The van der Waals surface area contributed by atoms with Crippen LogP contribution >= 0.6 is 22.6 Å². The van der Waals surface area contributed by atoms with Gasteiger partial charge in [0.15, 0.2) is 0 Å². The monoisotopic (exact) mass is 289 g/mol. The van der Waals surface area contributed by atoms with Gasteiger partial charge in [0.1, 0.15) is 11.9 Å². The van der Waals surface area contributed by atoms with E-state index >= 15 is 0 Å². The molecule has 1 aromatic carbocycles. The lowest BCUT2D eigenvalue weighted by molar-refractivity contribution is 0.223. The van der Waals surface area contributed by atoms with Gasteiger partial charge in [-0.05, 0) is 59.8 Å². The van der Waals surface area contributed by atoms with Gasteiger partial charge in [-0.15, -0.1) is 0 Å². The topological polar surface area (TPSA) is 21.3 Å². The Morgan fingerprint density at radius 3 is 2.69 bits per heavy atom. The lowest BCUT2D eigenvalue weighted by Gasteiger charge is -2.11. The van der Waals surface area contributed by atoms with E-state index in [4.69, 9.17) is 4.74 Å². The fourth-order valence-electron chi connectivity index (χ4n) is 1.43. The van der Waals surface area contributed by atoms with Crippen molar-refractivity contribution in [3.8, 4) is 5.75 Å². The van der Waals surface area contributed by atoms with E-state index in [1.807, 2.05) is 12.1 Å². The smallest absolute Gasteiger partial charge is 0.119 e. The van der Waals surface area contributed by atoms with Crippen molar-refractivity contribution in [2.75, 3.05) is 13.1 Å². The third kappa shape index (κ3) is 2.57. The van der Waals surface area contributed by atoms with Gasteiger partial charge >= 0.3 is 0 Å². The molecule has 0 amide bonds. The minimum atomic E-state index is 0.361. The van der Waals surface area contributed by atoms with Gasteiger partial charge in [0.05, 0.1) is 0 Å². The normalized spacial score (nSPS) is 21.8. The van der Waals surface area contributed by atoms with Crippen LogP contribution in [0.4, 0.5) is 0 Å². The van der Waals surface area contributed by atoms with Crippen molar-refractivity contribution in [1.29, 1.82) is 0 Å². The predicted molar refractivity (Wildman–Crippen MR) is 61.1 cm³/mol. The van der Waals surface area contributed by atoms with Crippen molar-refractivity contribution in [3.05, 3.63) is 27.8 Å². The molecule has 1 N–H and O–H groups in total. The van der Waals surface area contributed by atoms with Gasteiger partial charge in [-0.25, -0.2) is 0 Å². The highest BCUT2D eigenvalue weighted by atomic mass is 127. The maximum atomic E-state index is 5.76. The number of hydrogen-bond donors (Lipinski definition) is 1. The van der Waals surface area contributed by atoms with Gasteiger partial charge in [-0.1, -0.05) is 0 Å². The summed E-state index contributed by atoms with van der Waals surface area (Å²) in [6.45, 7) is 2.06. The van der Waals surface area contributed by atoms with Gasteiger partial charge in [0.2, 0.25) is 0 Å². The van der Waals surface area contributed by atoms with Gasteiger partial charge in [-0.3, -0.25) is 0 Å². The molecule has 0 aliphatic carbocycles. The van der Waals surface area contributed by atoms with Crippen LogP contribution in [-0.2, 0) is 0 Å². The summed E-state index contributed by atoms with van der Waals surface area (Å²) in [4.78, 5) is 0.